The highest BCUT2D eigenvalue weighted by atomic mass is 35.5. The Morgan fingerprint density at radius 2 is 1.36 bits per heavy atom. The van der Waals surface area contributed by atoms with Gasteiger partial charge in [-0.2, -0.15) is 0 Å². The van der Waals surface area contributed by atoms with Crippen molar-refractivity contribution in [1.82, 2.24) is 0 Å². The molecule has 0 spiro atoms. The van der Waals surface area contributed by atoms with E-state index in [9.17, 15) is 0 Å². The van der Waals surface area contributed by atoms with Crippen molar-refractivity contribution < 1.29 is 0 Å². The average molecular weight is 219 g/mol. The van der Waals surface area contributed by atoms with E-state index in [-0.39, 0.29) is 0 Å². The molecular formula is C13H27Cl. The number of alkyl halides is 1. The first-order valence-electron chi connectivity index (χ1n) is 6.32. The molecule has 0 aromatic rings. The number of halogens is 1. The van der Waals surface area contributed by atoms with Crippen LogP contribution in [-0.4, -0.2) is 5.38 Å². The van der Waals surface area contributed by atoms with Crippen molar-refractivity contribution in [3.63, 3.8) is 0 Å². The summed E-state index contributed by atoms with van der Waals surface area (Å²) in [6.45, 7) is 6.68. The fraction of sp³-hybridized carbons (Fsp3) is 1.00. The van der Waals surface area contributed by atoms with Crippen LogP contribution in [0.5, 0.6) is 0 Å². The minimum Gasteiger partial charge on any atom is -0.123 e. The van der Waals surface area contributed by atoms with Crippen LogP contribution in [0, 0.1) is 5.92 Å². The molecule has 0 saturated carbocycles. The van der Waals surface area contributed by atoms with Crippen LogP contribution >= 0.6 is 11.6 Å². The minimum atomic E-state index is 0.394. The van der Waals surface area contributed by atoms with Crippen molar-refractivity contribution in [2.45, 2.75) is 77.5 Å². The Labute approximate surface area is 95.4 Å². The monoisotopic (exact) mass is 218 g/mol. The predicted octanol–water partition coefficient (Wildman–Crippen LogP) is 5.39. The van der Waals surface area contributed by atoms with Gasteiger partial charge in [-0.3, -0.25) is 0 Å². The third-order valence-corrected chi connectivity index (χ3v) is 3.53. The number of rotatable bonds is 9. The quantitative estimate of drug-likeness (QED) is 0.360. The Morgan fingerprint density at radius 1 is 0.857 bits per heavy atom. The molecule has 1 heteroatoms. The molecule has 0 bridgehead atoms. The Balaban J connectivity index is 3.06. The Bertz CT molecular complexity index is 110. The van der Waals surface area contributed by atoms with Gasteiger partial charge in [-0.25, -0.2) is 0 Å². The molecule has 0 radical (unpaired) electrons. The van der Waals surface area contributed by atoms with Crippen LogP contribution in [0.2, 0.25) is 0 Å². The number of unbranched alkanes of at least 4 members (excludes halogenated alkanes) is 6. The lowest BCUT2D eigenvalue weighted by atomic mass is 10.0. The zero-order valence-corrected chi connectivity index (χ0v) is 10.9. The van der Waals surface area contributed by atoms with E-state index in [0.717, 1.165) is 0 Å². The van der Waals surface area contributed by atoms with E-state index in [1.54, 1.807) is 0 Å². The molecule has 0 aliphatic heterocycles. The minimum absolute atomic E-state index is 0.394. The summed E-state index contributed by atoms with van der Waals surface area (Å²) < 4.78 is 0. The number of hydrogen-bond acceptors (Lipinski definition) is 0. The maximum absolute atomic E-state index is 6.18. The standard InChI is InChI=1S/C13H27Cl/c1-4-5-6-7-8-9-10-11-13(14)12(2)3/h12-13H,4-11H2,1-3H3. The molecule has 0 amide bonds. The lowest BCUT2D eigenvalue weighted by Gasteiger charge is -2.12. The van der Waals surface area contributed by atoms with Gasteiger partial charge in [-0.15, -0.1) is 11.6 Å². The van der Waals surface area contributed by atoms with E-state index in [4.69, 9.17) is 11.6 Å². The van der Waals surface area contributed by atoms with Crippen LogP contribution in [0.1, 0.15) is 72.1 Å². The van der Waals surface area contributed by atoms with Gasteiger partial charge in [-0.05, 0) is 12.3 Å². The van der Waals surface area contributed by atoms with Crippen LogP contribution in [0.4, 0.5) is 0 Å². The van der Waals surface area contributed by atoms with Gasteiger partial charge in [-0.1, -0.05) is 65.7 Å². The molecule has 0 aromatic heterocycles. The molecule has 0 nitrogen and oxygen atoms in total. The third-order valence-electron chi connectivity index (χ3n) is 2.81. The van der Waals surface area contributed by atoms with Crippen molar-refractivity contribution in [3.8, 4) is 0 Å². The molecule has 0 saturated heterocycles. The summed E-state index contributed by atoms with van der Waals surface area (Å²) in [6.07, 6.45) is 10.9. The molecule has 1 unspecified atom stereocenters. The van der Waals surface area contributed by atoms with Crippen molar-refractivity contribution in [3.05, 3.63) is 0 Å². The zero-order valence-electron chi connectivity index (χ0n) is 10.2. The fourth-order valence-corrected chi connectivity index (χ4v) is 1.78. The van der Waals surface area contributed by atoms with E-state index in [1.165, 1.54) is 51.4 Å². The maximum atomic E-state index is 6.18. The molecule has 0 aliphatic rings. The Kier molecular flexibility index (Phi) is 10.0. The second kappa shape index (κ2) is 9.83. The van der Waals surface area contributed by atoms with E-state index in [1.807, 2.05) is 0 Å². The topological polar surface area (TPSA) is 0 Å². The van der Waals surface area contributed by atoms with E-state index in [2.05, 4.69) is 20.8 Å². The van der Waals surface area contributed by atoms with Gasteiger partial charge in [0.05, 0.1) is 0 Å². The molecule has 14 heavy (non-hydrogen) atoms. The predicted molar refractivity (Wildman–Crippen MR) is 67.1 cm³/mol. The lowest BCUT2D eigenvalue weighted by Crippen LogP contribution is -2.06. The van der Waals surface area contributed by atoms with Crippen molar-refractivity contribution >= 4 is 11.6 Å². The lowest BCUT2D eigenvalue weighted by molar-refractivity contribution is 0.515. The first-order valence-corrected chi connectivity index (χ1v) is 6.76. The number of hydrogen-bond donors (Lipinski definition) is 0. The summed E-state index contributed by atoms with van der Waals surface area (Å²) in [7, 11) is 0. The summed E-state index contributed by atoms with van der Waals surface area (Å²) in [5.74, 6) is 0.636. The SMILES string of the molecule is CCCCCCCCCC(Cl)C(C)C. The Hall–Kier alpha value is 0.290. The van der Waals surface area contributed by atoms with Crippen LogP contribution in [0.3, 0.4) is 0 Å². The maximum Gasteiger partial charge on any atom is 0.0359 e. The molecule has 0 aliphatic carbocycles. The van der Waals surface area contributed by atoms with Gasteiger partial charge in [0, 0.05) is 5.38 Å². The molecule has 0 rings (SSSR count). The van der Waals surface area contributed by atoms with Crippen molar-refractivity contribution in [1.29, 1.82) is 0 Å². The summed E-state index contributed by atoms with van der Waals surface area (Å²) in [6, 6.07) is 0. The first-order chi connectivity index (χ1) is 6.68. The van der Waals surface area contributed by atoms with E-state index < -0.39 is 0 Å². The molecule has 86 valence electrons. The third kappa shape index (κ3) is 8.87. The van der Waals surface area contributed by atoms with E-state index in [0.29, 0.717) is 11.3 Å². The molecule has 0 heterocycles. The van der Waals surface area contributed by atoms with Gasteiger partial charge in [0.15, 0.2) is 0 Å². The second-order valence-corrected chi connectivity index (χ2v) is 5.23. The second-order valence-electron chi connectivity index (χ2n) is 4.67. The van der Waals surface area contributed by atoms with E-state index >= 15 is 0 Å². The largest absolute Gasteiger partial charge is 0.123 e. The zero-order chi connectivity index (χ0) is 10.8. The van der Waals surface area contributed by atoms with Crippen LogP contribution in [-0.2, 0) is 0 Å². The van der Waals surface area contributed by atoms with Crippen molar-refractivity contribution in [2.24, 2.45) is 5.92 Å². The molecule has 0 aromatic carbocycles. The molecule has 0 fully saturated rings. The van der Waals surface area contributed by atoms with Crippen LogP contribution < -0.4 is 0 Å². The highest BCUT2D eigenvalue weighted by Gasteiger charge is 2.07. The van der Waals surface area contributed by atoms with Crippen LogP contribution in [0.15, 0.2) is 0 Å². The van der Waals surface area contributed by atoms with Gasteiger partial charge in [0.1, 0.15) is 0 Å². The summed E-state index contributed by atoms with van der Waals surface area (Å²) >= 11 is 6.18. The van der Waals surface area contributed by atoms with Gasteiger partial charge >= 0.3 is 0 Å². The summed E-state index contributed by atoms with van der Waals surface area (Å²) in [5, 5.41) is 0.394. The first kappa shape index (κ1) is 14.3. The van der Waals surface area contributed by atoms with Crippen LogP contribution in [0.25, 0.3) is 0 Å². The normalized spacial score (nSPS) is 13.5. The molecule has 1 atom stereocenters. The summed E-state index contributed by atoms with van der Waals surface area (Å²) in [4.78, 5) is 0. The van der Waals surface area contributed by atoms with Crippen molar-refractivity contribution in [2.75, 3.05) is 0 Å². The average Bonchev–Trinajstić information content (AvgIpc) is 2.16. The Morgan fingerprint density at radius 3 is 1.86 bits per heavy atom. The van der Waals surface area contributed by atoms with Gasteiger partial charge < -0.3 is 0 Å². The molecular weight excluding hydrogens is 192 g/mol. The highest BCUT2D eigenvalue weighted by Crippen LogP contribution is 2.17. The fourth-order valence-electron chi connectivity index (χ4n) is 1.63. The van der Waals surface area contributed by atoms with Gasteiger partial charge in [0.25, 0.3) is 0 Å². The van der Waals surface area contributed by atoms with Gasteiger partial charge in [0.2, 0.25) is 0 Å². The summed E-state index contributed by atoms with van der Waals surface area (Å²) in [5.41, 5.74) is 0. The molecule has 0 N–H and O–H groups in total. The smallest absolute Gasteiger partial charge is 0.0359 e. The highest BCUT2D eigenvalue weighted by molar-refractivity contribution is 6.20.